The Kier molecular flexibility index (Phi) is 4.99. The topological polar surface area (TPSA) is 45.5 Å². The molecule has 1 amide bonds. The van der Waals surface area contributed by atoms with Gasteiger partial charge in [-0.15, -0.1) is 0 Å². The molecular formula is C23H26N2O2. The van der Waals surface area contributed by atoms with Crippen LogP contribution in [0.15, 0.2) is 46.9 Å². The lowest BCUT2D eigenvalue weighted by molar-refractivity contribution is 0.0924. The number of fused-ring (bicyclic) bond motifs is 1. The second-order valence-electron chi connectivity index (χ2n) is 7.44. The van der Waals surface area contributed by atoms with Crippen LogP contribution in [-0.2, 0) is 13.1 Å². The number of likely N-dealkylation sites (tertiary alicyclic amines) is 1. The highest BCUT2D eigenvalue weighted by Gasteiger charge is 2.19. The molecule has 4 heteroatoms. The average molecular weight is 362 g/mol. The first-order valence-electron chi connectivity index (χ1n) is 9.69. The highest BCUT2D eigenvalue weighted by molar-refractivity contribution is 5.99. The molecule has 1 aliphatic heterocycles. The minimum Gasteiger partial charge on any atom is -0.450 e. The molecule has 0 atom stereocenters. The van der Waals surface area contributed by atoms with E-state index in [9.17, 15) is 4.79 Å². The standard InChI is InChI=1S/C23H26N2O2/c1-16-8-7-11-20-17(2)22(27-21(16)20)23(26)24-14-18-9-3-4-10-19(18)15-25-12-5-6-13-25/h3-4,7-11H,5-6,12-15H2,1-2H3,(H,24,26). The van der Waals surface area contributed by atoms with E-state index in [2.05, 4.69) is 28.4 Å². The molecule has 3 aromatic rings. The SMILES string of the molecule is Cc1c(C(=O)NCc2ccccc2CN2CCCC2)oc2c(C)cccc12. The van der Waals surface area contributed by atoms with Crippen molar-refractivity contribution in [3.8, 4) is 0 Å². The Bertz CT molecular complexity index is 968. The molecule has 1 saturated heterocycles. The fourth-order valence-corrected chi connectivity index (χ4v) is 3.92. The van der Waals surface area contributed by atoms with Crippen molar-refractivity contribution in [3.63, 3.8) is 0 Å². The third kappa shape index (κ3) is 3.62. The number of para-hydroxylation sites is 1. The van der Waals surface area contributed by atoms with Crippen molar-refractivity contribution < 1.29 is 9.21 Å². The maximum Gasteiger partial charge on any atom is 0.287 e. The summed E-state index contributed by atoms with van der Waals surface area (Å²) < 4.78 is 5.90. The number of nitrogens with one attached hydrogen (secondary N) is 1. The number of carbonyl (C=O) groups excluding carboxylic acids is 1. The summed E-state index contributed by atoms with van der Waals surface area (Å²) in [6, 6.07) is 14.4. The van der Waals surface area contributed by atoms with Crippen LogP contribution in [-0.4, -0.2) is 23.9 Å². The van der Waals surface area contributed by atoms with Crippen molar-refractivity contribution in [2.75, 3.05) is 13.1 Å². The third-order valence-electron chi connectivity index (χ3n) is 5.52. The fraction of sp³-hybridized carbons (Fsp3) is 0.348. The summed E-state index contributed by atoms with van der Waals surface area (Å²) in [5, 5.41) is 4.06. The predicted molar refractivity (Wildman–Crippen MR) is 108 cm³/mol. The monoisotopic (exact) mass is 362 g/mol. The number of aryl methyl sites for hydroxylation is 2. The lowest BCUT2D eigenvalue weighted by Gasteiger charge is -2.17. The minimum absolute atomic E-state index is 0.154. The van der Waals surface area contributed by atoms with Crippen LogP contribution in [0.3, 0.4) is 0 Å². The summed E-state index contributed by atoms with van der Waals surface area (Å²) in [5.74, 6) is 0.260. The van der Waals surface area contributed by atoms with Crippen molar-refractivity contribution in [1.82, 2.24) is 10.2 Å². The molecule has 140 valence electrons. The molecule has 0 saturated carbocycles. The van der Waals surface area contributed by atoms with E-state index in [0.717, 1.165) is 41.7 Å². The van der Waals surface area contributed by atoms with Crippen LogP contribution in [0.4, 0.5) is 0 Å². The zero-order valence-corrected chi connectivity index (χ0v) is 16.0. The maximum absolute atomic E-state index is 12.8. The van der Waals surface area contributed by atoms with Crippen LogP contribution in [0.25, 0.3) is 11.0 Å². The van der Waals surface area contributed by atoms with Gasteiger partial charge in [-0.05, 0) is 56.5 Å². The molecule has 1 fully saturated rings. The Morgan fingerprint density at radius 2 is 1.78 bits per heavy atom. The summed E-state index contributed by atoms with van der Waals surface area (Å²) in [6.07, 6.45) is 2.56. The van der Waals surface area contributed by atoms with E-state index in [1.807, 2.05) is 38.1 Å². The fourth-order valence-electron chi connectivity index (χ4n) is 3.92. The van der Waals surface area contributed by atoms with E-state index in [4.69, 9.17) is 4.42 Å². The Balaban J connectivity index is 1.50. The van der Waals surface area contributed by atoms with Gasteiger partial charge in [0.1, 0.15) is 5.58 Å². The summed E-state index contributed by atoms with van der Waals surface area (Å²) in [6.45, 7) is 7.74. The number of hydrogen-bond acceptors (Lipinski definition) is 3. The molecule has 1 N–H and O–H groups in total. The van der Waals surface area contributed by atoms with Gasteiger partial charge in [-0.2, -0.15) is 0 Å². The van der Waals surface area contributed by atoms with Crippen LogP contribution in [0.5, 0.6) is 0 Å². The van der Waals surface area contributed by atoms with E-state index in [1.165, 1.54) is 24.0 Å². The van der Waals surface area contributed by atoms with Gasteiger partial charge in [-0.3, -0.25) is 9.69 Å². The minimum atomic E-state index is -0.154. The maximum atomic E-state index is 12.8. The summed E-state index contributed by atoms with van der Waals surface area (Å²) in [7, 11) is 0. The van der Waals surface area contributed by atoms with E-state index in [1.54, 1.807) is 0 Å². The molecule has 4 nitrogen and oxygen atoms in total. The molecule has 0 radical (unpaired) electrons. The Morgan fingerprint density at radius 1 is 1.04 bits per heavy atom. The number of amides is 1. The molecular weight excluding hydrogens is 336 g/mol. The molecule has 1 aliphatic rings. The Morgan fingerprint density at radius 3 is 2.52 bits per heavy atom. The molecule has 0 spiro atoms. The lowest BCUT2D eigenvalue weighted by Crippen LogP contribution is -2.25. The smallest absolute Gasteiger partial charge is 0.287 e. The van der Waals surface area contributed by atoms with Gasteiger partial charge >= 0.3 is 0 Å². The second-order valence-corrected chi connectivity index (χ2v) is 7.44. The van der Waals surface area contributed by atoms with Gasteiger partial charge in [0.15, 0.2) is 5.76 Å². The van der Waals surface area contributed by atoms with Crippen LogP contribution in [0, 0.1) is 13.8 Å². The molecule has 2 heterocycles. The van der Waals surface area contributed by atoms with E-state index in [-0.39, 0.29) is 5.91 Å². The number of nitrogens with zero attached hydrogens (tertiary/aromatic N) is 1. The zero-order valence-electron chi connectivity index (χ0n) is 16.0. The Hall–Kier alpha value is -2.59. The van der Waals surface area contributed by atoms with E-state index < -0.39 is 0 Å². The number of benzene rings is 2. The van der Waals surface area contributed by atoms with Crippen LogP contribution < -0.4 is 5.32 Å². The number of carbonyl (C=O) groups is 1. The van der Waals surface area contributed by atoms with Gasteiger partial charge in [-0.1, -0.05) is 42.5 Å². The molecule has 4 rings (SSSR count). The predicted octanol–water partition coefficient (Wildman–Crippen LogP) is 4.58. The van der Waals surface area contributed by atoms with Crippen LogP contribution in [0.2, 0.25) is 0 Å². The number of furan rings is 1. The van der Waals surface area contributed by atoms with Crippen molar-refractivity contribution in [3.05, 3.63) is 70.5 Å². The van der Waals surface area contributed by atoms with Crippen molar-refractivity contribution in [1.29, 1.82) is 0 Å². The summed E-state index contributed by atoms with van der Waals surface area (Å²) >= 11 is 0. The molecule has 0 aliphatic carbocycles. The summed E-state index contributed by atoms with van der Waals surface area (Å²) in [4.78, 5) is 15.2. The molecule has 0 unspecified atom stereocenters. The van der Waals surface area contributed by atoms with Crippen molar-refractivity contribution in [2.45, 2.75) is 39.8 Å². The average Bonchev–Trinajstić information content (AvgIpc) is 3.30. The Labute approximate surface area is 160 Å². The first kappa shape index (κ1) is 17.8. The number of rotatable bonds is 5. The van der Waals surface area contributed by atoms with Gasteiger partial charge in [-0.25, -0.2) is 0 Å². The van der Waals surface area contributed by atoms with E-state index in [0.29, 0.717) is 12.3 Å². The molecule has 0 bridgehead atoms. The normalized spacial score (nSPS) is 14.7. The lowest BCUT2D eigenvalue weighted by atomic mass is 10.1. The first-order valence-corrected chi connectivity index (χ1v) is 9.69. The zero-order chi connectivity index (χ0) is 18.8. The molecule has 2 aromatic carbocycles. The number of hydrogen-bond donors (Lipinski definition) is 1. The highest BCUT2D eigenvalue weighted by atomic mass is 16.3. The largest absolute Gasteiger partial charge is 0.450 e. The van der Waals surface area contributed by atoms with Crippen LogP contribution >= 0.6 is 0 Å². The quantitative estimate of drug-likeness (QED) is 0.723. The van der Waals surface area contributed by atoms with Gasteiger partial charge < -0.3 is 9.73 Å². The van der Waals surface area contributed by atoms with Crippen molar-refractivity contribution in [2.24, 2.45) is 0 Å². The second kappa shape index (κ2) is 7.57. The molecule has 27 heavy (non-hydrogen) atoms. The van der Waals surface area contributed by atoms with Crippen molar-refractivity contribution >= 4 is 16.9 Å². The van der Waals surface area contributed by atoms with Gasteiger partial charge in [0.2, 0.25) is 0 Å². The van der Waals surface area contributed by atoms with Crippen LogP contribution in [0.1, 0.15) is 45.7 Å². The molecule has 1 aromatic heterocycles. The van der Waals surface area contributed by atoms with E-state index >= 15 is 0 Å². The van der Waals surface area contributed by atoms with Gasteiger partial charge in [0.25, 0.3) is 5.91 Å². The van der Waals surface area contributed by atoms with Gasteiger partial charge in [0, 0.05) is 24.0 Å². The third-order valence-corrected chi connectivity index (χ3v) is 5.52. The summed E-state index contributed by atoms with van der Waals surface area (Å²) in [5.41, 5.74) is 5.20. The highest BCUT2D eigenvalue weighted by Crippen LogP contribution is 2.27. The van der Waals surface area contributed by atoms with Gasteiger partial charge in [0.05, 0.1) is 0 Å². The first-order chi connectivity index (χ1) is 13.1.